The van der Waals surface area contributed by atoms with Gasteiger partial charge in [-0.15, -0.1) is 0 Å². The number of hydrogen-bond donors (Lipinski definition) is 1. The van der Waals surface area contributed by atoms with Gasteiger partial charge in [0.1, 0.15) is 11.8 Å². The van der Waals surface area contributed by atoms with Crippen LogP contribution in [0.5, 0.6) is 5.75 Å². The molecule has 1 aliphatic rings. The minimum Gasteiger partial charge on any atom is -0.496 e. The van der Waals surface area contributed by atoms with Crippen LogP contribution in [0.3, 0.4) is 0 Å². The second kappa shape index (κ2) is 10.5. The third-order valence-corrected chi connectivity index (χ3v) is 8.02. The number of H-pyrrole nitrogens is 1. The van der Waals surface area contributed by atoms with Gasteiger partial charge < -0.3 is 14.5 Å². The summed E-state index contributed by atoms with van der Waals surface area (Å²) in [4.78, 5) is 36.2. The normalized spacial score (nSPS) is 15.2. The summed E-state index contributed by atoms with van der Waals surface area (Å²) >= 11 is 1.30. The average molecular weight is 550 g/mol. The fourth-order valence-corrected chi connectivity index (χ4v) is 6.28. The molecule has 40 heavy (non-hydrogen) atoms. The van der Waals surface area contributed by atoms with Gasteiger partial charge in [-0.05, 0) is 37.6 Å². The maximum atomic E-state index is 14.2. The number of nitrogens with zero attached hydrogens (tertiary/aromatic N) is 2. The third kappa shape index (κ3) is 4.26. The molecule has 200 valence electrons. The predicted molar refractivity (Wildman–Crippen MR) is 157 cm³/mol. The van der Waals surface area contributed by atoms with Gasteiger partial charge in [-0.25, -0.2) is 9.79 Å². The van der Waals surface area contributed by atoms with Gasteiger partial charge in [0.25, 0.3) is 5.56 Å². The minimum atomic E-state index is -0.745. The van der Waals surface area contributed by atoms with E-state index in [0.29, 0.717) is 31.9 Å². The van der Waals surface area contributed by atoms with Crippen molar-refractivity contribution in [1.82, 2.24) is 9.55 Å². The number of nitrogens with one attached hydrogen (secondary N) is 1. The lowest BCUT2D eigenvalue weighted by molar-refractivity contribution is -0.139. The van der Waals surface area contributed by atoms with Crippen LogP contribution in [-0.2, 0) is 9.53 Å². The number of ether oxygens (including phenoxy) is 2. The number of methoxy groups -OCH3 is 1. The van der Waals surface area contributed by atoms with Crippen molar-refractivity contribution in [2.24, 2.45) is 4.99 Å². The van der Waals surface area contributed by atoms with Gasteiger partial charge in [-0.3, -0.25) is 9.36 Å². The van der Waals surface area contributed by atoms with E-state index in [0.717, 1.165) is 27.7 Å². The molecule has 0 aliphatic carbocycles. The molecule has 0 amide bonds. The van der Waals surface area contributed by atoms with E-state index in [4.69, 9.17) is 14.5 Å². The standard InChI is InChI=1S/C32H27N3O4S/c1-4-39-31(37)27-19(2)33-32-35(29(27)22-15-9-11-17-25(22)38-3)30(36)26(40-32)18-23-21-14-8-10-16-24(21)34-28(23)20-12-6-5-7-13-20/h5-18,29,34H,4H2,1-3H3/b26-18+/t29-/m1/s1. The molecular weight excluding hydrogens is 522 g/mol. The first kappa shape index (κ1) is 25.6. The molecule has 1 N–H and O–H groups in total. The molecule has 5 aromatic rings. The lowest BCUT2D eigenvalue weighted by Gasteiger charge is -2.25. The predicted octanol–water partition coefficient (Wildman–Crippen LogP) is 4.96. The first-order chi connectivity index (χ1) is 19.5. The van der Waals surface area contributed by atoms with E-state index < -0.39 is 12.0 Å². The Bertz CT molecular complexity index is 1960. The highest BCUT2D eigenvalue weighted by atomic mass is 32.1. The zero-order chi connectivity index (χ0) is 27.8. The molecule has 1 aliphatic heterocycles. The Kier molecular flexibility index (Phi) is 6.69. The maximum Gasteiger partial charge on any atom is 0.338 e. The van der Waals surface area contributed by atoms with Crippen LogP contribution in [0.4, 0.5) is 0 Å². The van der Waals surface area contributed by atoms with Crippen LogP contribution in [0.2, 0.25) is 0 Å². The second-order valence-electron chi connectivity index (χ2n) is 9.37. The van der Waals surface area contributed by atoms with Gasteiger partial charge in [0.15, 0.2) is 4.80 Å². The fourth-order valence-electron chi connectivity index (χ4n) is 5.26. The summed E-state index contributed by atoms with van der Waals surface area (Å²) in [5.41, 5.74) is 5.13. The molecule has 8 heteroatoms. The number of benzene rings is 3. The van der Waals surface area contributed by atoms with Crippen molar-refractivity contribution in [3.8, 4) is 17.0 Å². The summed E-state index contributed by atoms with van der Waals surface area (Å²) in [6, 6.07) is 24.7. The number of allylic oxidation sites excluding steroid dienone is 1. The van der Waals surface area contributed by atoms with Crippen LogP contribution >= 0.6 is 11.3 Å². The highest BCUT2D eigenvalue weighted by molar-refractivity contribution is 7.07. The molecule has 2 aromatic heterocycles. The summed E-state index contributed by atoms with van der Waals surface area (Å²) in [6.07, 6.45) is 1.92. The Balaban J connectivity index is 1.63. The van der Waals surface area contributed by atoms with Crippen LogP contribution < -0.4 is 19.6 Å². The van der Waals surface area contributed by atoms with Crippen molar-refractivity contribution in [2.45, 2.75) is 19.9 Å². The van der Waals surface area contributed by atoms with Crippen LogP contribution in [0.25, 0.3) is 28.2 Å². The Morgan fingerprint density at radius 1 is 1.05 bits per heavy atom. The number of thiazole rings is 1. The van der Waals surface area contributed by atoms with E-state index in [1.54, 1.807) is 25.5 Å². The Morgan fingerprint density at radius 3 is 2.55 bits per heavy atom. The van der Waals surface area contributed by atoms with Crippen molar-refractivity contribution < 1.29 is 14.3 Å². The van der Waals surface area contributed by atoms with Crippen molar-refractivity contribution in [1.29, 1.82) is 0 Å². The van der Waals surface area contributed by atoms with Crippen molar-refractivity contribution in [2.75, 3.05) is 13.7 Å². The molecular formula is C32H27N3O4S. The van der Waals surface area contributed by atoms with E-state index >= 15 is 0 Å². The van der Waals surface area contributed by atoms with Gasteiger partial charge in [-0.2, -0.15) is 0 Å². The number of carbonyl (C=O) groups excluding carboxylic acids is 1. The Morgan fingerprint density at radius 2 is 1.77 bits per heavy atom. The largest absolute Gasteiger partial charge is 0.496 e. The third-order valence-electron chi connectivity index (χ3n) is 7.03. The molecule has 0 radical (unpaired) electrons. The monoisotopic (exact) mass is 549 g/mol. The lowest BCUT2D eigenvalue weighted by atomic mass is 9.95. The molecule has 0 fully saturated rings. The molecule has 3 heterocycles. The molecule has 1 atom stereocenters. The smallest absolute Gasteiger partial charge is 0.338 e. The van der Waals surface area contributed by atoms with E-state index in [9.17, 15) is 9.59 Å². The summed E-state index contributed by atoms with van der Waals surface area (Å²) in [5.74, 6) is 0.0681. The van der Waals surface area contributed by atoms with Gasteiger partial charge in [-0.1, -0.05) is 78.1 Å². The zero-order valence-electron chi connectivity index (χ0n) is 22.3. The van der Waals surface area contributed by atoms with Crippen molar-refractivity contribution >= 4 is 34.3 Å². The highest BCUT2D eigenvalue weighted by Crippen LogP contribution is 2.36. The average Bonchev–Trinajstić information content (AvgIpc) is 3.50. The topological polar surface area (TPSA) is 85.7 Å². The van der Waals surface area contributed by atoms with E-state index in [2.05, 4.69) is 4.98 Å². The molecule has 0 saturated carbocycles. The molecule has 3 aromatic carbocycles. The Labute approximate surface area is 234 Å². The lowest BCUT2D eigenvalue weighted by Crippen LogP contribution is -2.40. The summed E-state index contributed by atoms with van der Waals surface area (Å²) < 4.78 is 13.2. The molecule has 0 unspecified atom stereocenters. The summed E-state index contributed by atoms with van der Waals surface area (Å²) in [5, 5.41) is 1.01. The van der Waals surface area contributed by atoms with Crippen LogP contribution in [0.1, 0.15) is 31.0 Å². The first-order valence-corrected chi connectivity index (χ1v) is 13.8. The fraction of sp³-hybridized carbons (Fsp3) is 0.156. The van der Waals surface area contributed by atoms with Crippen LogP contribution in [0.15, 0.2) is 99.9 Å². The SMILES string of the molecule is CCOC(=O)C1=C(C)N=c2s/c(=C/c3c(-c4ccccc4)[nH]c4ccccc34)c(=O)n2[C@@H]1c1ccccc1OC. The number of rotatable bonds is 6. The molecule has 0 saturated heterocycles. The number of fused-ring (bicyclic) bond motifs is 2. The molecule has 7 nitrogen and oxygen atoms in total. The molecule has 0 bridgehead atoms. The van der Waals surface area contributed by atoms with Crippen molar-refractivity contribution in [3.05, 3.63) is 121 Å². The number of hydrogen-bond acceptors (Lipinski definition) is 6. The quantitative estimate of drug-likeness (QED) is 0.304. The van der Waals surface area contributed by atoms with Gasteiger partial charge >= 0.3 is 5.97 Å². The van der Waals surface area contributed by atoms with E-state index in [1.807, 2.05) is 84.9 Å². The van der Waals surface area contributed by atoms with Crippen LogP contribution in [-0.4, -0.2) is 29.2 Å². The van der Waals surface area contributed by atoms with Crippen molar-refractivity contribution in [3.63, 3.8) is 0 Å². The first-order valence-electron chi connectivity index (χ1n) is 13.0. The van der Waals surface area contributed by atoms with Crippen LogP contribution in [0, 0.1) is 0 Å². The Hall–Kier alpha value is -4.69. The van der Waals surface area contributed by atoms with E-state index in [1.165, 1.54) is 11.3 Å². The highest BCUT2D eigenvalue weighted by Gasteiger charge is 2.35. The van der Waals surface area contributed by atoms with E-state index in [-0.39, 0.29) is 12.2 Å². The summed E-state index contributed by atoms with van der Waals surface area (Å²) in [7, 11) is 1.57. The number of aromatic amines is 1. The van der Waals surface area contributed by atoms with Gasteiger partial charge in [0.05, 0.1) is 35.2 Å². The second-order valence-corrected chi connectivity index (χ2v) is 10.4. The minimum absolute atomic E-state index is 0.210. The summed E-state index contributed by atoms with van der Waals surface area (Å²) in [6.45, 7) is 3.74. The zero-order valence-corrected chi connectivity index (χ0v) is 23.1. The number of carbonyl (C=O) groups is 1. The molecule has 6 rings (SSSR count). The molecule has 0 spiro atoms. The number of para-hydroxylation sites is 2. The van der Waals surface area contributed by atoms with Gasteiger partial charge in [0, 0.05) is 22.0 Å². The number of aromatic nitrogens is 2. The number of esters is 1. The maximum absolute atomic E-state index is 14.2. The van der Waals surface area contributed by atoms with Gasteiger partial charge in [0.2, 0.25) is 0 Å².